The molecule has 1 aliphatic heterocycles. The molecule has 1 atom stereocenters. The fourth-order valence-corrected chi connectivity index (χ4v) is 2.71. The molecular weight excluding hydrogens is 252 g/mol. The van der Waals surface area contributed by atoms with Crippen LogP contribution in [-0.2, 0) is 16.1 Å². The highest BCUT2D eigenvalue weighted by Gasteiger charge is 2.44. The number of benzene rings is 1. The minimum absolute atomic E-state index is 0.0170. The highest BCUT2D eigenvalue weighted by Crippen LogP contribution is 2.27. The maximum atomic E-state index is 12.3. The molecule has 1 aromatic rings. The van der Waals surface area contributed by atoms with Gasteiger partial charge in [0.05, 0.1) is 6.54 Å². The van der Waals surface area contributed by atoms with Crippen LogP contribution in [0, 0.1) is 13.8 Å². The third kappa shape index (κ3) is 2.30. The van der Waals surface area contributed by atoms with Gasteiger partial charge in [-0.05, 0) is 43.9 Å². The van der Waals surface area contributed by atoms with Gasteiger partial charge in [0.25, 0.3) is 0 Å². The fourth-order valence-electron chi connectivity index (χ4n) is 2.71. The van der Waals surface area contributed by atoms with Crippen LogP contribution in [0.5, 0.6) is 0 Å². The predicted molar refractivity (Wildman–Crippen MR) is 78.2 cm³/mol. The van der Waals surface area contributed by atoms with Crippen molar-refractivity contribution in [1.82, 2.24) is 10.2 Å². The van der Waals surface area contributed by atoms with E-state index in [9.17, 15) is 9.59 Å². The van der Waals surface area contributed by atoms with E-state index in [0.29, 0.717) is 13.0 Å². The van der Waals surface area contributed by atoms with E-state index in [1.54, 1.807) is 4.90 Å². The fraction of sp³-hybridized carbons (Fsp3) is 0.500. The molecule has 0 radical (unpaired) electrons. The number of hydrogen-bond acceptors (Lipinski definition) is 2. The lowest BCUT2D eigenvalue weighted by Gasteiger charge is -2.43. The van der Waals surface area contributed by atoms with Crippen molar-refractivity contribution in [3.05, 3.63) is 34.9 Å². The molecule has 4 heteroatoms. The molecule has 108 valence electrons. The molecule has 1 N–H and O–H groups in total. The maximum absolute atomic E-state index is 12.3. The van der Waals surface area contributed by atoms with Crippen molar-refractivity contribution < 1.29 is 9.59 Å². The highest BCUT2D eigenvalue weighted by molar-refractivity contribution is 5.97. The molecule has 0 aliphatic carbocycles. The van der Waals surface area contributed by atoms with E-state index in [0.717, 1.165) is 16.7 Å². The average molecular weight is 274 g/mol. The minimum atomic E-state index is -0.760. The standard InChI is InChI=1S/C16H22N2O2/c1-5-16(4)15(20)17-9-14(19)18(16)10-13-11(2)7-6-8-12(13)3/h6-8H,5,9-10H2,1-4H3,(H,17,20). The van der Waals surface area contributed by atoms with Crippen LogP contribution in [0.1, 0.15) is 37.0 Å². The highest BCUT2D eigenvalue weighted by atomic mass is 16.2. The van der Waals surface area contributed by atoms with Gasteiger partial charge in [0, 0.05) is 6.54 Å². The Labute approximate surface area is 120 Å². The van der Waals surface area contributed by atoms with E-state index in [-0.39, 0.29) is 18.4 Å². The number of amides is 2. The van der Waals surface area contributed by atoms with Crippen molar-refractivity contribution in [3.8, 4) is 0 Å². The molecule has 0 aromatic heterocycles. The minimum Gasteiger partial charge on any atom is -0.345 e. The number of rotatable bonds is 3. The van der Waals surface area contributed by atoms with Crippen LogP contribution >= 0.6 is 0 Å². The van der Waals surface area contributed by atoms with E-state index < -0.39 is 5.54 Å². The summed E-state index contributed by atoms with van der Waals surface area (Å²) in [4.78, 5) is 26.1. The second-order valence-corrected chi connectivity index (χ2v) is 5.66. The molecule has 2 rings (SSSR count). The second-order valence-electron chi connectivity index (χ2n) is 5.66. The molecule has 0 bridgehead atoms. The summed E-state index contributed by atoms with van der Waals surface area (Å²) in [7, 11) is 0. The zero-order valence-corrected chi connectivity index (χ0v) is 12.6. The zero-order chi connectivity index (χ0) is 14.9. The molecule has 1 fully saturated rings. The largest absolute Gasteiger partial charge is 0.345 e. The van der Waals surface area contributed by atoms with Crippen molar-refractivity contribution in [3.63, 3.8) is 0 Å². The van der Waals surface area contributed by atoms with Gasteiger partial charge < -0.3 is 10.2 Å². The summed E-state index contributed by atoms with van der Waals surface area (Å²) in [5.41, 5.74) is 2.68. The summed E-state index contributed by atoms with van der Waals surface area (Å²) in [6.45, 7) is 8.46. The summed E-state index contributed by atoms with van der Waals surface area (Å²) in [6, 6.07) is 6.10. The Morgan fingerprint density at radius 2 is 1.85 bits per heavy atom. The van der Waals surface area contributed by atoms with Gasteiger partial charge in [-0.3, -0.25) is 9.59 Å². The van der Waals surface area contributed by atoms with Gasteiger partial charge in [-0.2, -0.15) is 0 Å². The van der Waals surface area contributed by atoms with E-state index in [4.69, 9.17) is 0 Å². The lowest BCUT2D eigenvalue weighted by molar-refractivity contribution is -0.153. The summed E-state index contributed by atoms with van der Waals surface area (Å²) in [5.74, 6) is -0.0811. The van der Waals surface area contributed by atoms with Crippen molar-refractivity contribution in [2.75, 3.05) is 6.54 Å². The summed E-state index contributed by atoms with van der Waals surface area (Å²) in [6.07, 6.45) is 0.607. The van der Waals surface area contributed by atoms with E-state index >= 15 is 0 Å². The Kier molecular flexibility index (Phi) is 3.84. The second kappa shape index (κ2) is 5.27. The third-order valence-corrected chi connectivity index (χ3v) is 4.44. The first-order valence-electron chi connectivity index (χ1n) is 7.04. The molecule has 1 aliphatic rings. The Morgan fingerprint density at radius 3 is 2.40 bits per heavy atom. The molecule has 0 spiro atoms. The number of aryl methyl sites for hydroxylation is 2. The average Bonchev–Trinajstić information content (AvgIpc) is 2.42. The Balaban J connectivity index is 2.39. The Hall–Kier alpha value is -1.84. The number of carbonyl (C=O) groups excluding carboxylic acids is 2. The molecule has 1 aromatic carbocycles. The number of nitrogens with one attached hydrogen (secondary N) is 1. The van der Waals surface area contributed by atoms with Crippen molar-refractivity contribution >= 4 is 11.8 Å². The van der Waals surface area contributed by atoms with Crippen LogP contribution in [0.2, 0.25) is 0 Å². The molecule has 2 amide bonds. The maximum Gasteiger partial charge on any atom is 0.246 e. The first-order valence-corrected chi connectivity index (χ1v) is 7.04. The predicted octanol–water partition coefficient (Wildman–Crippen LogP) is 1.93. The van der Waals surface area contributed by atoms with Gasteiger partial charge in [0.1, 0.15) is 5.54 Å². The molecule has 1 unspecified atom stereocenters. The van der Waals surface area contributed by atoms with Crippen molar-refractivity contribution in [1.29, 1.82) is 0 Å². The quantitative estimate of drug-likeness (QED) is 0.915. The van der Waals surface area contributed by atoms with Gasteiger partial charge in [-0.25, -0.2) is 0 Å². The Bertz CT molecular complexity index is 533. The molecule has 1 saturated heterocycles. The summed E-state index contributed by atoms with van der Waals surface area (Å²) >= 11 is 0. The third-order valence-electron chi connectivity index (χ3n) is 4.44. The number of piperazine rings is 1. The van der Waals surface area contributed by atoms with Gasteiger partial charge in [0.2, 0.25) is 11.8 Å². The normalized spacial score (nSPS) is 22.9. The topological polar surface area (TPSA) is 49.4 Å². The SMILES string of the molecule is CCC1(C)C(=O)NCC(=O)N1Cc1c(C)cccc1C. The van der Waals surface area contributed by atoms with Crippen LogP contribution in [0.25, 0.3) is 0 Å². The first kappa shape index (κ1) is 14.6. The number of hydrogen-bond donors (Lipinski definition) is 1. The van der Waals surface area contributed by atoms with Crippen LogP contribution in [-0.4, -0.2) is 28.8 Å². The molecule has 0 saturated carbocycles. The summed E-state index contributed by atoms with van der Waals surface area (Å²) in [5, 5.41) is 2.69. The summed E-state index contributed by atoms with van der Waals surface area (Å²) < 4.78 is 0. The van der Waals surface area contributed by atoms with Crippen molar-refractivity contribution in [2.24, 2.45) is 0 Å². The van der Waals surface area contributed by atoms with E-state index in [1.807, 2.05) is 45.9 Å². The van der Waals surface area contributed by atoms with E-state index in [2.05, 4.69) is 5.32 Å². The number of carbonyl (C=O) groups is 2. The van der Waals surface area contributed by atoms with Crippen LogP contribution in [0.3, 0.4) is 0 Å². The Morgan fingerprint density at radius 1 is 1.25 bits per heavy atom. The van der Waals surface area contributed by atoms with Crippen LogP contribution < -0.4 is 5.32 Å². The molecule has 1 heterocycles. The smallest absolute Gasteiger partial charge is 0.246 e. The molecule has 20 heavy (non-hydrogen) atoms. The van der Waals surface area contributed by atoms with Gasteiger partial charge in [-0.1, -0.05) is 25.1 Å². The lowest BCUT2D eigenvalue weighted by Crippen LogP contribution is -2.65. The van der Waals surface area contributed by atoms with E-state index in [1.165, 1.54) is 0 Å². The van der Waals surface area contributed by atoms with Gasteiger partial charge >= 0.3 is 0 Å². The van der Waals surface area contributed by atoms with Crippen LogP contribution in [0.4, 0.5) is 0 Å². The van der Waals surface area contributed by atoms with Gasteiger partial charge in [-0.15, -0.1) is 0 Å². The van der Waals surface area contributed by atoms with Crippen LogP contribution in [0.15, 0.2) is 18.2 Å². The van der Waals surface area contributed by atoms with Crippen molar-refractivity contribution in [2.45, 2.75) is 46.2 Å². The number of nitrogens with zero attached hydrogens (tertiary/aromatic N) is 1. The lowest BCUT2D eigenvalue weighted by atomic mass is 9.91. The first-order chi connectivity index (χ1) is 9.40. The zero-order valence-electron chi connectivity index (χ0n) is 12.6. The monoisotopic (exact) mass is 274 g/mol. The molecular formula is C16H22N2O2. The van der Waals surface area contributed by atoms with Gasteiger partial charge in [0.15, 0.2) is 0 Å². The molecule has 4 nitrogen and oxygen atoms in total.